The predicted molar refractivity (Wildman–Crippen MR) is 68.8 cm³/mol. The number of hydrogen-bond acceptors (Lipinski definition) is 3. The first kappa shape index (κ1) is 12.2. The van der Waals surface area contributed by atoms with E-state index in [0.29, 0.717) is 6.04 Å². The molecule has 0 aliphatic carbocycles. The van der Waals surface area contributed by atoms with Crippen molar-refractivity contribution in [2.45, 2.75) is 32.2 Å². The van der Waals surface area contributed by atoms with Crippen LogP contribution >= 0.6 is 0 Å². The lowest BCUT2D eigenvalue weighted by molar-refractivity contribution is 0.297. The van der Waals surface area contributed by atoms with Crippen LogP contribution in [-0.2, 0) is 0 Å². The molecule has 0 fully saturated rings. The van der Waals surface area contributed by atoms with E-state index >= 15 is 0 Å². The Morgan fingerprint density at radius 3 is 2.71 bits per heavy atom. The van der Waals surface area contributed by atoms with E-state index in [4.69, 9.17) is 9.47 Å². The number of ether oxygens (including phenoxy) is 2. The van der Waals surface area contributed by atoms with Gasteiger partial charge in [-0.1, -0.05) is 19.4 Å². The average molecular weight is 235 g/mol. The molecule has 0 spiro atoms. The summed E-state index contributed by atoms with van der Waals surface area (Å²) in [6.45, 7) is 3.69. The van der Waals surface area contributed by atoms with E-state index < -0.39 is 0 Å². The van der Waals surface area contributed by atoms with Crippen LogP contribution in [0.1, 0.15) is 37.8 Å². The highest BCUT2D eigenvalue weighted by Gasteiger charge is 2.14. The number of fused-ring (bicyclic) bond motifs is 1. The van der Waals surface area contributed by atoms with Crippen molar-refractivity contribution >= 4 is 0 Å². The van der Waals surface area contributed by atoms with Crippen LogP contribution in [-0.4, -0.2) is 20.3 Å². The first-order valence-corrected chi connectivity index (χ1v) is 6.42. The molecule has 0 saturated heterocycles. The van der Waals surface area contributed by atoms with Crippen molar-refractivity contribution in [3.8, 4) is 11.5 Å². The van der Waals surface area contributed by atoms with Crippen molar-refractivity contribution in [3.05, 3.63) is 23.8 Å². The molecule has 1 aliphatic rings. The van der Waals surface area contributed by atoms with E-state index in [0.717, 1.165) is 37.6 Å². The topological polar surface area (TPSA) is 30.5 Å². The van der Waals surface area contributed by atoms with E-state index in [1.54, 1.807) is 0 Å². The van der Waals surface area contributed by atoms with Gasteiger partial charge in [-0.05, 0) is 31.2 Å². The number of benzene rings is 1. The maximum absolute atomic E-state index is 5.71. The maximum Gasteiger partial charge on any atom is 0.161 e. The molecule has 1 N–H and O–H groups in total. The highest BCUT2D eigenvalue weighted by atomic mass is 16.5. The largest absolute Gasteiger partial charge is 0.490 e. The molecular weight excluding hydrogens is 214 g/mol. The van der Waals surface area contributed by atoms with E-state index in [1.807, 2.05) is 13.1 Å². The molecule has 0 aromatic heterocycles. The zero-order valence-electron chi connectivity index (χ0n) is 10.7. The van der Waals surface area contributed by atoms with Crippen LogP contribution in [0, 0.1) is 0 Å². The predicted octanol–water partition coefficient (Wildman–Crippen LogP) is 2.91. The molecule has 0 bridgehead atoms. The highest BCUT2D eigenvalue weighted by Crippen LogP contribution is 2.33. The molecular formula is C14H21NO2. The Balaban J connectivity index is 2.21. The molecule has 2 rings (SSSR count). The molecule has 0 amide bonds. The quantitative estimate of drug-likeness (QED) is 0.870. The summed E-state index contributed by atoms with van der Waals surface area (Å²) in [5.74, 6) is 1.76. The molecule has 1 aromatic carbocycles. The minimum Gasteiger partial charge on any atom is -0.490 e. The van der Waals surface area contributed by atoms with E-state index in [9.17, 15) is 0 Å². The summed E-state index contributed by atoms with van der Waals surface area (Å²) in [5, 5.41) is 3.35. The Labute approximate surface area is 103 Å². The van der Waals surface area contributed by atoms with Crippen molar-refractivity contribution in [2.75, 3.05) is 20.3 Å². The highest BCUT2D eigenvalue weighted by molar-refractivity contribution is 5.44. The smallest absolute Gasteiger partial charge is 0.161 e. The summed E-state index contributed by atoms with van der Waals surface area (Å²) in [7, 11) is 2.00. The van der Waals surface area contributed by atoms with Crippen LogP contribution in [0.2, 0.25) is 0 Å². The Bertz CT molecular complexity index is 365. The summed E-state index contributed by atoms with van der Waals surface area (Å²) in [4.78, 5) is 0. The third-order valence-electron chi connectivity index (χ3n) is 3.10. The molecule has 1 atom stereocenters. The van der Waals surface area contributed by atoms with E-state index in [2.05, 4.69) is 24.4 Å². The molecule has 3 heteroatoms. The maximum atomic E-state index is 5.71. The summed E-state index contributed by atoms with van der Waals surface area (Å²) in [6.07, 6.45) is 3.25. The second-order valence-corrected chi connectivity index (χ2v) is 4.39. The van der Waals surface area contributed by atoms with Gasteiger partial charge in [-0.3, -0.25) is 0 Å². The normalized spacial score (nSPS) is 16.4. The van der Waals surface area contributed by atoms with Gasteiger partial charge in [-0.15, -0.1) is 0 Å². The van der Waals surface area contributed by atoms with Crippen LogP contribution in [0.4, 0.5) is 0 Å². The zero-order valence-corrected chi connectivity index (χ0v) is 10.7. The van der Waals surface area contributed by atoms with Gasteiger partial charge < -0.3 is 14.8 Å². The van der Waals surface area contributed by atoms with Gasteiger partial charge in [0, 0.05) is 12.5 Å². The molecule has 1 aromatic rings. The molecule has 1 aliphatic heterocycles. The van der Waals surface area contributed by atoms with Crippen molar-refractivity contribution in [3.63, 3.8) is 0 Å². The second kappa shape index (κ2) is 5.92. The van der Waals surface area contributed by atoms with Gasteiger partial charge in [-0.2, -0.15) is 0 Å². The zero-order chi connectivity index (χ0) is 12.1. The third-order valence-corrected chi connectivity index (χ3v) is 3.10. The minimum absolute atomic E-state index is 0.400. The van der Waals surface area contributed by atoms with Crippen molar-refractivity contribution in [1.29, 1.82) is 0 Å². The minimum atomic E-state index is 0.400. The SMILES string of the molecule is CCCC(NC)c1ccc2c(c1)OCCCO2. The van der Waals surface area contributed by atoms with Gasteiger partial charge in [-0.25, -0.2) is 0 Å². The van der Waals surface area contributed by atoms with Gasteiger partial charge in [0.25, 0.3) is 0 Å². The summed E-state index contributed by atoms with van der Waals surface area (Å²) in [6, 6.07) is 6.66. The Hall–Kier alpha value is -1.22. The van der Waals surface area contributed by atoms with Gasteiger partial charge in [0.2, 0.25) is 0 Å². The fraction of sp³-hybridized carbons (Fsp3) is 0.571. The van der Waals surface area contributed by atoms with Crippen molar-refractivity contribution in [1.82, 2.24) is 5.32 Å². The second-order valence-electron chi connectivity index (χ2n) is 4.39. The fourth-order valence-corrected chi connectivity index (χ4v) is 2.16. The van der Waals surface area contributed by atoms with Gasteiger partial charge in [0.15, 0.2) is 11.5 Å². The number of hydrogen-bond donors (Lipinski definition) is 1. The van der Waals surface area contributed by atoms with Gasteiger partial charge >= 0.3 is 0 Å². The van der Waals surface area contributed by atoms with Crippen molar-refractivity contribution < 1.29 is 9.47 Å². The van der Waals surface area contributed by atoms with Crippen LogP contribution in [0.15, 0.2) is 18.2 Å². The van der Waals surface area contributed by atoms with Crippen LogP contribution in [0.3, 0.4) is 0 Å². The lowest BCUT2D eigenvalue weighted by Gasteiger charge is -2.17. The Morgan fingerprint density at radius 1 is 1.24 bits per heavy atom. The third kappa shape index (κ3) is 2.91. The molecule has 0 saturated carbocycles. The standard InChI is InChI=1S/C14H21NO2/c1-3-5-12(15-2)11-6-7-13-14(10-11)17-9-4-8-16-13/h6-7,10,12,15H,3-5,8-9H2,1-2H3. The lowest BCUT2D eigenvalue weighted by atomic mass is 10.0. The molecule has 1 unspecified atom stereocenters. The molecule has 3 nitrogen and oxygen atoms in total. The average Bonchev–Trinajstić information content (AvgIpc) is 2.60. The van der Waals surface area contributed by atoms with Crippen LogP contribution < -0.4 is 14.8 Å². The summed E-state index contributed by atoms with van der Waals surface area (Å²) in [5.41, 5.74) is 1.28. The number of rotatable bonds is 4. The Kier molecular flexibility index (Phi) is 4.26. The van der Waals surface area contributed by atoms with Crippen LogP contribution in [0.5, 0.6) is 11.5 Å². The molecule has 94 valence electrons. The van der Waals surface area contributed by atoms with Gasteiger partial charge in [0.05, 0.1) is 13.2 Å². The lowest BCUT2D eigenvalue weighted by Crippen LogP contribution is -2.16. The van der Waals surface area contributed by atoms with Gasteiger partial charge in [0.1, 0.15) is 0 Å². The fourth-order valence-electron chi connectivity index (χ4n) is 2.16. The molecule has 1 heterocycles. The molecule has 17 heavy (non-hydrogen) atoms. The van der Waals surface area contributed by atoms with E-state index in [-0.39, 0.29) is 0 Å². The Morgan fingerprint density at radius 2 is 2.00 bits per heavy atom. The van der Waals surface area contributed by atoms with Crippen molar-refractivity contribution in [2.24, 2.45) is 0 Å². The summed E-state index contributed by atoms with van der Waals surface area (Å²) < 4.78 is 11.3. The van der Waals surface area contributed by atoms with E-state index in [1.165, 1.54) is 12.0 Å². The molecule has 0 radical (unpaired) electrons. The monoisotopic (exact) mass is 235 g/mol. The summed E-state index contributed by atoms with van der Waals surface area (Å²) >= 11 is 0. The first-order chi connectivity index (χ1) is 8.35. The van der Waals surface area contributed by atoms with Crippen LogP contribution in [0.25, 0.3) is 0 Å². The number of nitrogens with one attached hydrogen (secondary N) is 1. The first-order valence-electron chi connectivity index (χ1n) is 6.42.